The van der Waals surface area contributed by atoms with Crippen molar-refractivity contribution in [1.29, 1.82) is 0 Å². The summed E-state index contributed by atoms with van der Waals surface area (Å²) in [6, 6.07) is 15.7. The quantitative estimate of drug-likeness (QED) is 0.608. The van der Waals surface area contributed by atoms with E-state index in [4.69, 9.17) is 17.0 Å². The van der Waals surface area contributed by atoms with Gasteiger partial charge in [0.1, 0.15) is 5.75 Å². The number of H-pyrrole nitrogens is 1. The van der Waals surface area contributed by atoms with Crippen molar-refractivity contribution < 1.29 is 9.64 Å². The molecule has 0 unspecified atom stereocenters. The van der Waals surface area contributed by atoms with Crippen LogP contribution in [-0.4, -0.2) is 49.4 Å². The second-order valence-electron chi connectivity index (χ2n) is 7.44. The van der Waals surface area contributed by atoms with Gasteiger partial charge in [-0.05, 0) is 36.5 Å². The van der Waals surface area contributed by atoms with Gasteiger partial charge in [0, 0.05) is 13.0 Å². The third-order valence-electron chi connectivity index (χ3n) is 5.70. The molecule has 2 N–H and O–H groups in total. The molecule has 2 heterocycles. The molecule has 29 heavy (non-hydrogen) atoms. The molecule has 1 fully saturated rings. The Kier molecular flexibility index (Phi) is 5.97. The molecule has 3 aromatic rings. The first-order valence-electron chi connectivity index (χ1n) is 10.1. The molecule has 1 saturated heterocycles. The summed E-state index contributed by atoms with van der Waals surface area (Å²) in [4.78, 5) is 19.9. The predicted octanol–water partition coefficient (Wildman–Crippen LogP) is 1.86. The Bertz CT molecular complexity index is 1100. The number of nitrogens with one attached hydrogen (secondary N) is 2. The minimum absolute atomic E-state index is 0.000317. The zero-order valence-corrected chi connectivity index (χ0v) is 17.5. The number of quaternary nitrogens is 1. The molecule has 0 bridgehead atoms. The molecule has 1 aromatic heterocycles. The van der Waals surface area contributed by atoms with Crippen molar-refractivity contribution in [3.05, 3.63) is 63.7 Å². The molecule has 1 aliphatic rings. The number of ether oxygens (including phenoxy) is 1. The molecule has 0 radical (unpaired) electrons. The average molecular weight is 412 g/mol. The Morgan fingerprint density at radius 3 is 2.62 bits per heavy atom. The smallest absolute Gasteiger partial charge is 0.262 e. The number of aromatic amines is 1. The first-order chi connectivity index (χ1) is 14.2. The molecule has 0 spiro atoms. The summed E-state index contributed by atoms with van der Waals surface area (Å²) in [5.41, 5.74) is 1.97. The highest BCUT2D eigenvalue weighted by molar-refractivity contribution is 7.71. The Balaban J connectivity index is 1.34. The minimum Gasteiger partial charge on any atom is -0.495 e. The maximum Gasteiger partial charge on any atom is 0.262 e. The van der Waals surface area contributed by atoms with Gasteiger partial charge in [-0.25, -0.2) is 0 Å². The second kappa shape index (κ2) is 8.80. The van der Waals surface area contributed by atoms with E-state index in [9.17, 15) is 4.79 Å². The van der Waals surface area contributed by atoms with Crippen LogP contribution in [0, 0.1) is 4.77 Å². The molecule has 0 atom stereocenters. The summed E-state index contributed by atoms with van der Waals surface area (Å²) in [5, 5.41) is 0.693. The first-order valence-corrected chi connectivity index (χ1v) is 10.5. The van der Waals surface area contributed by atoms with Crippen LogP contribution in [0.5, 0.6) is 5.75 Å². The number of rotatable bonds is 6. The van der Waals surface area contributed by atoms with Gasteiger partial charge >= 0.3 is 0 Å². The number of piperazine rings is 1. The van der Waals surface area contributed by atoms with Crippen molar-refractivity contribution in [3.8, 4) is 5.75 Å². The Morgan fingerprint density at radius 2 is 1.83 bits per heavy atom. The molecule has 4 rings (SSSR count). The minimum atomic E-state index is 0.000317. The van der Waals surface area contributed by atoms with E-state index >= 15 is 0 Å². The van der Waals surface area contributed by atoms with Crippen molar-refractivity contribution in [3.63, 3.8) is 0 Å². The highest BCUT2D eigenvalue weighted by Gasteiger charge is 2.21. The number of para-hydroxylation sites is 3. The monoisotopic (exact) mass is 411 g/mol. The lowest BCUT2D eigenvalue weighted by molar-refractivity contribution is -0.900. The summed E-state index contributed by atoms with van der Waals surface area (Å²) in [7, 11) is 1.72. The number of benzene rings is 2. The van der Waals surface area contributed by atoms with Crippen LogP contribution in [0.1, 0.15) is 6.42 Å². The van der Waals surface area contributed by atoms with Crippen LogP contribution < -0.4 is 20.1 Å². The largest absolute Gasteiger partial charge is 0.495 e. The normalized spacial score (nSPS) is 15.0. The third-order valence-corrected chi connectivity index (χ3v) is 6.02. The lowest BCUT2D eigenvalue weighted by Gasteiger charge is -2.34. The van der Waals surface area contributed by atoms with E-state index in [2.05, 4.69) is 22.0 Å². The number of aromatic nitrogens is 2. The van der Waals surface area contributed by atoms with Crippen molar-refractivity contribution in [2.75, 3.05) is 44.7 Å². The van der Waals surface area contributed by atoms with Gasteiger partial charge in [-0.3, -0.25) is 9.36 Å². The van der Waals surface area contributed by atoms with Gasteiger partial charge < -0.3 is 19.5 Å². The number of anilines is 1. The highest BCUT2D eigenvalue weighted by Crippen LogP contribution is 2.27. The van der Waals surface area contributed by atoms with Crippen molar-refractivity contribution in [2.45, 2.75) is 13.0 Å². The summed E-state index contributed by atoms with van der Waals surface area (Å²) in [6.45, 7) is 5.86. The fourth-order valence-corrected chi connectivity index (χ4v) is 4.38. The van der Waals surface area contributed by atoms with E-state index in [0.717, 1.165) is 50.4 Å². The maximum atomic E-state index is 12.7. The van der Waals surface area contributed by atoms with Gasteiger partial charge in [-0.1, -0.05) is 24.3 Å². The fraction of sp³-hybridized carbons (Fsp3) is 0.364. The van der Waals surface area contributed by atoms with Crippen LogP contribution >= 0.6 is 12.2 Å². The summed E-state index contributed by atoms with van der Waals surface area (Å²) >= 11 is 5.41. The number of hydrogen-bond acceptors (Lipinski definition) is 4. The van der Waals surface area contributed by atoms with Gasteiger partial charge in [0.15, 0.2) is 4.77 Å². The number of nitrogens with zero attached hydrogens (tertiary/aromatic N) is 2. The van der Waals surface area contributed by atoms with Crippen LogP contribution in [-0.2, 0) is 6.54 Å². The van der Waals surface area contributed by atoms with Crippen LogP contribution in [0.15, 0.2) is 53.3 Å². The Hall–Kier alpha value is -2.64. The Morgan fingerprint density at radius 1 is 1.10 bits per heavy atom. The molecular weight excluding hydrogens is 384 g/mol. The van der Waals surface area contributed by atoms with E-state index in [1.165, 1.54) is 5.69 Å². The van der Waals surface area contributed by atoms with Crippen LogP contribution in [0.3, 0.4) is 0 Å². The van der Waals surface area contributed by atoms with E-state index in [0.29, 0.717) is 16.7 Å². The topological polar surface area (TPSA) is 54.7 Å². The summed E-state index contributed by atoms with van der Waals surface area (Å²) < 4.78 is 7.70. The van der Waals surface area contributed by atoms with Gasteiger partial charge in [-0.15, -0.1) is 0 Å². The highest BCUT2D eigenvalue weighted by atomic mass is 32.1. The summed E-state index contributed by atoms with van der Waals surface area (Å²) in [5.74, 6) is 0.931. The molecular formula is C22H27N4O2S+. The van der Waals surface area contributed by atoms with Gasteiger partial charge in [0.05, 0.1) is 56.4 Å². The van der Waals surface area contributed by atoms with Gasteiger partial charge in [0.25, 0.3) is 5.56 Å². The van der Waals surface area contributed by atoms with E-state index < -0.39 is 0 Å². The SMILES string of the molecule is COc1ccccc1N1CC[NH+](CCCn2c(=S)[nH]c3ccccc3c2=O)CC1. The lowest BCUT2D eigenvalue weighted by Crippen LogP contribution is -3.14. The average Bonchev–Trinajstić information content (AvgIpc) is 2.76. The zero-order chi connectivity index (χ0) is 20.2. The summed E-state index contributed by atoms with van der Waals surface area (Å²) in [6.07, 6.45) is 0.930. The van der Waals surface area contributed by atoms with Crippen LogP contribution in [0.2, 0.25) is 0 Å². The molecule has 2 aromatic carbocycles. The third kappa shape index (κ3) is 4.21. The molecule has 7 heteroatoms. The molecule has 6 nitrogen and oxygen atoms in total. The molecule has 0 amide bonds. The number of hydrogen-bond donors (Lipinski definition) is 2. The Labute approximate surface area is 175 Å². The molecule has 1 aliphatic heterocycles. The molecule has 0 aliphatic carbocycles. The zero-order valence-electron chi connectivity index (χ0n) is 16.7. The predicted molar refractivity (Wildman–Crippen MR) is 119 cm³/mol. The molecule has 0 saturated carbocycles. The van der Waals surface area contributed by atoms with Crippen LogP contribution in [0.25, 0.3) is 10.9 Å². The first kappa shape index (κ1) is 19.7. The van der Waals surface area contributed by atoms with E-state index in [1.54, 1.807) is 16.6 Å². The van der Waals surface area contributed by atoms with Gasteiger partial charge in [0.2, 0.25) is 0 Å². The maximum absolute atomic E-state index is 12.7. The van der Waals surface area contributed by atoms with Crippen molar-refractivity contribution in [2.24, 2.45) is 0 Å². The molecule has 152 valence electrons. The van der Waals surface area contributed by atoms with E-state index in [1.807, 2.05) is 36.4 Å². The number of methoxy groups -OCH3 is 1. The van der Waals surface area contributed by atoms with Crippen LogP contribution in [0.4, 0.5) is 5.69 Å². The standard InChI is InChI=1S/C22H26N4O2S/c1-28-20-10-5-4-9-19(20)25-15-13-24(14-16-25)11-6-12-26-21(27)17-7-2-3-8-18(17)23-22(26)29/h2-5,7-10H,6,11-16H2,1H3,(H,23,29)/p+1. The van der Waals surface area contributed by atoms with Crippen molar-refractivity contribution in [1.82, 2.24) is 9.55 Å². The second-order valence-corrected chi connectivity index (χ2v) is 7.83. The van der Waals surface area contributed by atoms with E-state index in [-0.39, 0.29) is 5.56 Å². The number of fused-ring (bicyclic) bond motifs is 1. The fourth-order valence-electron chi connectivity index (χ4n) is 4.09. The van der Waals surface area contributed by atoms with Crippen molar-refractivity contribution >= 4 is 28.8 Å². The van der Waals surface area contributed by atoms with Gasteiger partial charge in [-0.2, -0.15) is 0 Å². The lowest BCUT2D eigenvalue weighted by atomic mass is 10.2.